The molecule has 0 fully saturated rings. The molecule has 1 unspecified atom stereocenters. The molecule has 1 nitrogen and oxygen atoms in total. The minimum absolute atomic E-state index is 0.662. The van der Waals surface area contributed by atoms with E-state index in [2.05, 4.69) is 36.1 Å². The quantitative estimate of drug-likeness (QED) is 0.555. The van der Waals surface area contributed by atoms with Crippen LogP contribution in [0.3, 0.4) is 0 Å². The molecule has 1 rings (SSSR count). The van der Waals surface area contributed by atoms with Gasteiger partial charge in [0.25, 0.3) is 0 Å². The first-order chi connectivity index (χ1) is 8.86. The van der Waals surface area contributed by atoms with Gasteiger partial charge in [-0.05, 0) is 42.3 Å². The topological polar surface area (TPSA) is 12.0 Å². The number of thiophene rings is 1. The predicted molar refractivity (Wildman–Crippen MR) is 83.5 cm³/mol. The van der Waals surface area contributed by atoms with Crippen molar-refractivity contribution in [3.63, 3.8) is 0 Å². The molecule has 0 aliphatic heterocycles. The molecular formula is C16H29NS. The summed E-state index contributed by atoms with van der Waals surface area (Å²) in [7, 11) is 2.10. The second-order valence-electron chi connectivity index (χ2n) is 5.23. The van der Waals surface area contributed by atoms with Gasteiger partial charge in [-0.2, -0.15) is 11.3 Å². The van der Waals surface area contributed by atoms with Crippen LogP contribution in [0.2, 0.25) is 0 Å². The molecule has 1 atom stereocenters. The third kappa shape index (κ3) is 7.17. The van der Waals surface area contributed by atoms with Gasteiger partial charge in [0, 0.05) is 6.04 Å². The van der Waals surface area contributed by atoms with Gasteiger partial charge < -0.3 is 5.32 Å². The second kappa shape index (κ2) is 10.6. The molecule has 104 valence electrons. The predicted octanol–water partition coefficient (Wildman–Crippen LogP) is 5.02. The number of hydrogen-bond acceptors (Lipinski definition) is 2. The Morgan fingerprint density at radius 2 is 1.83 bits per heavy atom. The molecule has 2 heteroatoms. The lowest BCUT2D eigenvalue weighted by molar-refractivity contribution is 0.479. The first kappa shape index (κ1) is 15.7. The van der Waals surface area contributed by atoms with Crippen LogP contribution in [-0.4, -0.2) is 13.1 Å². The Hall–Kier alpha value is -0.340. The number of nitrogens with one attached hydrogen (secondary N) is 1. The molecule has 0 radical (unpaired) electrons. The van der Waals surface area contributed by atoms with E-state index in [0.717, 1.165) is 0 Å². The van der Waals surface area contributed by atoms with Crippen LogP contribution in [0, 0.1) is 0 Å². The van der Waals surface area contributed by atoms with Crippen molar-refractivity contribution in [3.8, 4) is 0 Å². The van der Waals surface area contributed by atoms with E-state index in [1.165, 1.54) is 63.4 Å². The molecule has 1 aromatic rings. The summed E-state index contributed by atoms with van der Waals surface area (Å²) < 4.78 is 0. The summed E-state index contributed by atoms with van der Waals surface area (Å²) in [5.74, 6) is 0. The highest BCUT2D eigenvalue weighted by Gasteiger charge is 2.07. The van der Waals surface area contributed by atoms with E-state index in [1.54, 1.807) is 11.3 Å². The van der Waals surface area contributed by atoms with Crippen LogP contribution in [-0.2, 0) is 6.42 Å². The smallest absolute Gasteiger partial charge is 0.0105 e. The Kier molecular flexibility index (Phi) is 9.23. The number of hydrogen-bond donors (Lipinski definition) is 1. The summed E-state index contributed by atoms with van der Waals surface area (Å²) in [5, 5.41) is 7.91. The third-order valence-electron chi connectivity index (χ3n) is 3.63. The Labute approximate surface area is 117 Å². The first-order valence-electron chi connectivity index (χ1n) is 7.55. The molecule has 0 saturated heterocycles. The highest BCUT2D eigenvalue weighted by Crippen LogP contribution is 2.14. The fourth-order valence-corrected chi connectivity index (χ4v) is 3.07. The van der Waals surface area contributed by atoms with E-state index in [9.17, 15) is 0 Å². The van der Waals surface area contributed by atoms with Gasteiger partial charge >= 0.3 is 0 Å². The fourth-order valence-electron chi connectivity index (χ4n) is 2.39. The van der Waals surface area contributed by atoms with Crippen molar-refractivity contribution in [1.29, 1.82) is 0 Å². The third-order valence-corrected chi connectivity index (χ3v) is 4.36. The van der Waals surface area contributed by atoms with Crippen LogP contribution >= 0.6 is 11.3 Å². The second-order valence-corrected chi connectivity index (χ2v) is 6.01. The van der Waals surface area contributed by atoms with Crippen molar-refractivity contribution in [2.24, 2.45) is 0 Å². The van der Waals surface area contributed by atoms with Crippen molar-refractivity contribution in [2.75, 3.05) is 7.05 Å². The van der Waals surface area contributed by atoms with Crippen LogP contribution in [0.15, 0.2) is 16.8 Å². The molecule has 0 aliphatic rings. The maximum Gasteiger partial charge on any atom is 0.0105 e. The van der Waals surface area contributed by atoms with Gasteiger partial charge in [0.2, 0.25) is 0 Å². The van der Waals surface area contributed by atoms with Gasteiger partial charge in [-0.3, -0.25) is 0 Å². The van der Waals surface area contributed by atoms with E-state index in [-0.39, 0.29) is 0 Å². The van der Waals surface area contributed by atoms with Gasteiger partial charge in [0.1, 0.15) is 0 Å². The SMILES string of the molecule is CCCCCCCCCC(Cc1ccsc1)NC. The van der Waals surface area contributed by atoms with Crippen LogP contribution in [0.5, 0.6) is 0 Å². The van der Waals surface area contributed by atoms with Crippen LogP contribution < -0.4 is 5.32 Å². The molecule has 1 aromatic heterocycles. The Bertz CT molecular complexity index is 269. The van der Waals surface area contributed by atoms with Crippen LogP contribution in [0.25, 0.3) is 0 Å². The van der Waals surface area contributed by atoms with E-state index in [0.29, 0.717) is 6.04 Å². The lowest BCUT2D eigenvalue weighted by Gasteiger charge is -2.15. The number of unbranched alkanes of at least 4 members (excludes halogenated alkanes) is 6. The monoisotopic (exact) mass is 267 g/mol. The molecule has 0 aromatic carbocycles. The average Bonchev–Trinajstić information content (AvgIpc) is 2.89. The molecule has 18 heavy (non-hydrogen) atoms. The average molecular weight is 267 g/mol. The zero-order chi connectivity index (χ0) is 13.1. The summed E-state index contributed by atoms with van der Waals surface area (Å²) in [6.07, 6.45) is 12.3. The zero-order valence-electron chi connectivity index (χ0n) is 12.1. The first-order valence-corrected chi connectivity index (χ1v) is 8.49. The highest BCUT2D eigenvalue weighted by molar-refractivity contribution is 7.07. The lowest BCUT2D eigenvalue weighted by Crippen LogP contribution is -2.27. The summed E-state index contributed by atoms with van der Waals surface area (Å²) in [6.45, 7) is 2.28. The van der Waals surface area contributed by atoms with Gasteiger partial charge in [0.05, 0.1) is 0 Å². The molecule has 1 N–H and O–H groups in total. The van der Waals surface area contributed by atoms with Gasteiger partial charge in [-0.1, -0.05) is 51.9 Å². The van der Waals surface area contributed by atoms with Crippen LogP contribution in [0.4, 0.5) is 0 Å². The van der Waals surface area contributed by atoms with E-state index >= 15 is 0 Å². The normalized spacial score (nSPS) is 12.8. The van der Waals surface area contributed by atoms with Crippen LogP contribution in [0.1, 0.15) is 63.9 Å². The summed E-state index contributed by atoms with van der Waals surface area (Å²) >= 11 is 1.80. The molecule has 0 aliphatic carbocycles. The maximum absolute atomic E-state index is 3.46. The molecule has 1 heterocycles. The molecule has 0 bridgehead atoms. The zero-order valence-corrected chi connectivity index (χ0v) is 12.9. The highest BCUT2D eigenvalue weighted by atomic mass is 32.1. The van der Waals surface area contributed by atoms with Crippen molar-refractivity contribution >= 4 is 11.3 Å². The van der Waals surface area contributed by atoms with Crippen molar-refractivity contribution in [1.82, 2.24) is 5.32 Å². The van der Waals surface area contributed by atoms with Crippen molar-refractivity contribution < 1.29 is 0 Å². The van der Waals surface area contributed by atoms with Crippen molar-refractivity contribution in [2.45, 2.75) is 70.8 Å². The summed E-state index contributed by atoms with van der Waals surface area (Å²) in [4.78, 5) is 0. The largest absolute Gasteiger partial charge is 0.317 e. The summed E-state index contributed by atoms with van der Waals surface area (Å²) in [5.41, 5.74) is 1.49. The Morgan fingerprint density at radius 1 is 1.11 bits per heavy atom. The standard InChI is InChI=1S/C16H29NS/c1-3-4-5-6-7-8-9-10-16(17-2)13-15-11-12-18-14-15/h11-12,14,16-17H,3-10,13H2,1-2H3. The molecule has 0 amide bonds. The minimum Gasteiger partial charge on any atom is -0.317 e. The molecule has 0 saturated carbocycles. The molecular weight excluding hydrogens is 238 g/mol. The number of rotatable bonds is 11. The number of likely N-dealkylation sites (N-methyl/N-ethyl adjacent to an activating group) is 1. The van der Waals surface area contributed by atoms with E-state index in [4.69, 9.17) is 0 Å². The van der Waals surface area contributed by atoms with Crippen molar-refractivity contribution in [3.05, 3.63) is 22.4 Å². The lowest BCUT2D eigenvalue weighted by atomic mass is 10.0. The van der Waals surface area contributed by atoms with Gasteiger partial charge in [-0.15, -0.1) is 0 Å². The maximum atomic E-state index is 3.46. The summed E-state index contributed by atoms with van der Waals surface area (Å²) in [6, 6.07) is 2.91. The fraction of sp³-hybridized carbons (Fsp3) is 0.750. The Balaban J connectivity index is 2.01. The van der Waals surface area contributed by atoms with Gasteiger partial charge in [0.15, 0.2) is 0 Å². The van der Waals surface area contributed by atoms with E-state index < -0.39 is 0 Å². The Morgan fingerprint density at radius 3 is 2.44 bits per heavy atom. The van der Waals surface area contributed by atoms with E-state index in [1.807, 2.05) is 0 Å². The van der Waals surface area contributed by atoms with Gasteiger partial charge in [-0.25, -0.2) is 0 Å². The minimum atomic E-state index is 0.662. The molecule has 0 spiro atoms.